The van der Waals surface area contributed by atoms with Crippen molar-refractivity contribution in [3.8, 4) is 0 Å². The number of aliphatic hydroxyl groups is 1. The third kappa shape index (κ3) is 2.77. The van der Waals surface area contributed by atoms with Crippen molar-refractivity contribution in [3.63, 3.8) is 0 Å². The zero-order valence-corrected chi connectivity index (χ0v) is 10.1. The summed E-state index contributed by atoms with van der Waals surface area (Å²) in [5, 5.41) is 13.8. The molecular formula is C9H13BrO2S. The fourth-order valence-corrected chi connectivity index (χ4v) is 2.72. The minimum atomic E-state index is -0.444. The summed E-state index contributed by atoms with van der Waals surface area (Å²) in [6, 6.07) is 0. The first-order valence-electron chi connectivity index (χ1n) is 4.05. The van der Waals surface area contributed by atoms with Gasteiger partial charge in [0, 0.05) is 28.4 Å². The van der Waals surface area contributed by atoms with E-state index in [0.29, 0.717) is 6.61 Å². The molecule has 2 atom stereocenters. The molecule has 0 saturated carbocycles. The highest BCUT2D eigenvalue weighted by Crippen LogP contribution is 2.31. The Kier molecular flexibility index (Phi) is 4.38. The van der Waals surface area contributed by atoms with E-state index in [1.54, 1.807) is 18.4 Å². The topological polar surface area (TPSA) is 29.5 Å². The number of aliphatic hydroxyl groups excluding tert-OH is 1. The van der Waals surface area contributed by atoms with Gasteiger partial charge in [0.2, 0.25) is 0 Å². The Morgan fingerprint density at radius 2 is 2.31 bits per heavy atom. The lowest BCUT2D eigenvalue weighted by Gasteiger charge is -2.17. The number of thiophene rings is 1. The molecule has 0 aliphatic rings. The lowest BCUT2D eigenvalue weighted by molar-refractivity contribution is 0.0565. The maximum atomic E-state index is 9.89. The molecule has 0 saturated heterocycles. The molecule has 0 aromatic carbocycles. The lowest BCUT2D eigenvalue weighted by atomic mass is 10.0. The summed E-state index contributed by atoms with van der Waals surface area (Å²) >= 11 is 4.98. The molecule has 0 radical (unpaired) electrons. The molecule has 1 aromatic heterocycles. The highest BCUT2D eigenvalue weighted by atomic mass is 79.9. The maximum Gasteiger partial charge on any atom is 0.0856 e. The van der Waals surface area contributed by atoms with Gasteiger partial charge in [0.05, 0.1) is 12.7 Å². The van der Waals surface area contributed by atoms with Gasteiger partial charge in [-0.1, -0.05) is 6.92 Å². The lowest BCUT2D eigenvalue weighted by Crippen LogP contribution is -2.14. The molecule has 13 heavy (non-hydrogen) atoms. The van der Waals surface area contributed by atoms with Crippen LogP contribution in [-0.2, 0) is 4.74 Å². The Labute approximate surface area is 90.7 Å². The average Bonchev–Trinajstić information content (AvgIpc) is 2.50. The van der Waals surface area contributed by atoms with Crippen LogP contribution in [0.25, 0.3) is 0 Å². The van der Waals surface area contributed by atoms with Gasteiger partial charge in [0.1, 0.15) is 0 Å². The van der Waals surface area contributed by atoms with E-state index < -0.39 is 6.10 Å². The zero-order chi connectivity index (χ0) is 9.84. The van der Waals surface area contributed by atoms with Gasteiger partial charge in [0.15, 0.2) is 0 Å². The van der Waals surface area contributed by atoms with Crippen LogP contribution >= 0.6 is 27.3 Å². The molecule has 4 heteroatoms. The molecule has 1 N–H and O–H groups in total. The predicted octanol–water partition coefficient (Wildman–Crippen LogP) is 2.83. The van der Waals surface area contributed by atoms with Gasteiger partial charge >= 0.3 is 0 Å². The maximum absolute atomic E-state index is 9.89. The number of halogens is 1. The molecule has 2 nitrogen and oxygen atoms in total. The second-order valence-electron chi connectivity index (χ2n) is 3.05. The van der Waals surface area contributed by atoms with Gasteiger partial charge in [0.25, 0.3) is 0 Å². The summed E-state index contributed by atoms with van der Waals surface area (Å²) in [5.41, 5.74) is 0.953. The van der Waals surface area contributed by atoms with Crippen molar-refractivity contribution in [1.29, 1.82) is 0 Å². The highest BCUT2D eigenvalue weighted by molar-refractivity contribution is 9.10. The van der Waals surface area contributed by atoms with E-state index in [1.807, 2.05) is 17.7 Å². The fourth-order valence-electron chi connectivity index (χ4n) is 1.16. The molecule has 1 heterocycles. The van der Waals surface area contributed by atoms with Crippen LogP contribution in [-0.4, -0.2) is 18.8 Å². The van der Waals surface area contributed by atoms with Crippen LogP contribution in [0, 0.1) is 5.92 Å². The molecule has 0 aliphatic heterocycles. The summed E-state index contributed by atoms with van der Waals surface area (Å²) in [5.74, 6) is 0.121. The van der Waals surface area contributed by atoms with E-state index in [4.69, 9.17) is 4.74 Å². The van der Waals surface area contributed by atoms with Crippen LogP contribution in [0.2, 0.25) is 0 Å². The SMILES string of the molecule is COCC(C)C(O)c1cscc1Br. The molecule has 2 unspecified atom stereocenters. The molecule has 1 rings (SSSR count). The van der Waals surface area contributed by atoms with Gasteiger partial charge in [-0.2, -0.15) is 11.3 Å². The average molecular weight is 265 g/mol. The Morgan fingerprint density at radius 3 is 2.77 bits per heavy atom. The summed E-state index contributed by atoms with van der Waals surface area (Å²) in [7, 11) is 1.64. The van der Waals surface area contributed by atoms with E-state index in [1.165, 1.54) is 0 Å². The highest BCUT2D eigenvalue weighted by Gasteiger charge is 2.18. The van der Waals surface area contributed by atoms with Crippen molar-refractivity contribution >= 4 is 27.3 Å². The molecule has 0 amide bonds. The molecule has 0 spiro atoms. The standard InChI is InChI=1S/C9H13BrO2S/c1-6(3-12-2)9(11)7-4-13-5-8(7)10/h4-6,9,11H,3H2,1-2H3. The van der Waals surface area contributed by atoms with Crippen molar-refractivity contribution in [2.24, 2.45) is 5.92 Å². The summed E-state index contributed by atoms with van der Waals surface area (Å²) in [4.78, 5) is 0. The van der Waals surface area contributed by atoms with E-state index in [9.17, 15) is 5.11 Å². The first-order valence-corrected chi connectivity index (χ1v) is 5.79. The van der Waals surface area contributed by atoms with E-state index in [-0.39, 0.29) is 5.92 Å². The Hall–Kier alpha value is 0.100. The van der Waals surface area contributed by atoms with Crippen molar-refractivity contribution in [1.82, 2.24) is 0 Å². The van der Waals surface area contributed by atoms with E-state index >= 15 is 0 Å². The monoisotopic (exact) mass is 264 g/mol. The van der Waals surface area contributed by atoms with Gasteiger partial charge < -0.3 is 9.84 Å². The minimum Gasteiger partial charge on any atom is -0.388 e. The molecule has 0 fully saturated rings. The van der Waals surface area contributed by atoms with Crippen LogP contribution in [0.1, 0.15) is 18.6 Å². The number of hydrogen-bond donors (Lipinski definition) is 1. The van der Waals surface area contributed by atoms with Crippen molar-refractivity contribution in [3.05, 3.63) is 20.8 Å². The van der Waals surface area contributed by atoms with Gasteiger partial charge in [-0.25, -0.2) is 0 Å². The summed E-state index contributed by atoms with van der Waals surface area (Å²) < 4.78 is 5.97. The fraction of sp³-hybridized carbons (Fsp3) is 0.556. The van der Waals surface area contributed by atoms with E-state index in [2.05, 4.69) is 15.9 Å². The first-order chi connectivity index (χ1) is 6.16. The van der Waals surface area contributed by atoms with Crippen LogP contribution in [0.4, 0.5) is 0 Å². The Bertz CT molecular complexity index is 262. The van der Waals surface area contributed by atoms with E-state index in [0.717, 1.165) is 10.0 Å². The van der Waals surface area contributed by atoms with Crippen molar-refractivity contribution in [2.45, 2.75) is 13.0 Å². The Balaban J connectivity index is 2.67. The molecular weight excluding hydrogens is 252 g/mol. The number of rotatable bonds is 4. The van der Waals surface area contributed by atoms with Gasteiger partial charge in [-0.05, 0) is 21.3 Å². The minimum absolute atomic E-state index is 0.121. The van der Waals surface area contributed by atoms with Crippen molar-refractivity contribution < 1.29 is 9.84 Å². The summed E-state index contributed by atoms with van der Waals surface area (Å²) in [6.45, 7) is 2.54. The number of ether oxygens (including phenoxy) is 1. The Morgan fingerprint density at radius 1 is 1.62 bits per heavy atom. The quantitative estimate of drug-likeness (QED) is 0.907. The summed E-state index contributed by atoms with van der Waals surface area (Å²) in [6.07, 6.45) is -0.444. The van der Waals surface area contributed by atoms with Crippen molar-refractivity contribution in [2.75, 3.05) is 13.7 Å². The third-order valence-electron chi connectivity index (χ3n) is 1.93. The zero-order valence-electron chi connectivity index (χ0n) is 7.66. The smallest absolute Gasteiger partial charge is 0.0856 e. The molecule has 0 bridgehead atoms. The molecule has 1 aromatic rings. The normalized spacial score (nSPS) is 15.7. The number of methoxy groups -OCH3 is 1. The van der Waals surface area contributed by atoms with Crippen LogP contribution < -0.4 is 0 Å². The van der Waals surface area contributed by atoms with Gasteiger partial charge in [-0.15, -0.1) is 0 Å². The second-order valence-corrected chi connectivity index (χ2v) is 4.65. The number of hydrogen-bond acceptors (Lipinski definition) is 3. The largest absolute Gasteiger partial charge is 0.388 e. The van der Waals surface area contributed by atoms with Crippen LogP contribution in [0.3, 0.4) is 0 Å². The first kappa shape index (κ1) is 11.2. The van der Waals surface area contributed by atoms with Crippen LogP contribution in [0.15, 0.2) is 15.2 Å². The molecule has 74 valence electrons. The molecule has 0 aliphatic carbocycles. The predicted molar refractivity (Wildman–Crippen MR) is 58.0 cm³/mol. The second kappa shape index (κ2) is 5.10. The van der Waals surface area contributed by atoms with Gasteiger partial charge in [-0.3, -0.25) is 0 Å². The third-order valence-corrected chi connectivity index (χ3v) is 3.68. The van der Waals surface area contributed by atoms with Crippen LogP contribution in [0.5, 0.6) is 0 Å².